The van der Waals surface area contributed by atoms with Crippen molar-refractivity contribution in [2.75, 3.05) is 12.3 Å². The van der Waals surface area contributed by atoms with Crippen molar-refractivity contribution >= 4 is 16.9 Å². The van der Waals surface area contributed by atoms with E-state index >= 15 is 0 Å². The number of hydrogen-bond acceptors (Lipinski definition) is 6. The second-order valence-electron chi connectivity index (χ2n) is 4.71. The van der Waals surface area contributed by atoms with Gasteiger partial charge < -0.3 is 15.6 Å². The van der Waals surface area contributed by atoms with Crippen molar-refractivity contribution in [3.8, 4) is 22.8 Å². The minimum Gasteiger partial charge on any atom is -0.504 e. The first-order valence-electron chi connectivity index (χ1n) is 6.62. The van der Waals surface area contributed by atoms with E-state index in [1.165, 1.54) is 6.33 Å². The quantitative estimate of drug-likeness (QED) is 0.713. The molecule has 2 heterocycles. The number of benzene rings is 1. The van der Waals surface area contributed by atoms with E-state index in [4.69, 9.17) is 10.5 Å². The van der Waals surface area contributed by atoms with Gasteiger partial charge in [-0.05, 0) is 18.2 Å². The van der Waals surface area contributed by atoms with Crippen LogP contribution in [0.3, 0.4) is 0 Å². The van der Waals surface area contributed by atoms with Crippen LogP contribution in [0.4, 0.5) is 5.82 Å². The molecule has 0 saturated heterocycles. The fourth-order valence-corrected chi connectivity index (χ4v) is 2.24. The number of rotatable bonds is 4. The lowest BCUT2D eigenvalue weighted by molar-refractivity contribution is 0.336. The van der Waals surface area contributed by atoms with E-state index in [1.807, 2.05) is 0 Å². The molecule has 1 aromatic carbocycles. The summed E-state index contributed by atoms with van der Waals surface area (Å²) in [5, 5.41) is 15.0. The van der Waals surface area contributed by atoms with Gasteiger partial charge in [0.2, 0.25) is 0 Å². The number of phenolic OH excluding ortho intramolecular Hbond substituents is 1. The Labute approximate surface area is 126 Å². The van der Waals surface area contributed by atoms with Crippen LogP contribution in [0.15, 0.2) is 37.2 Å². The van der Waals surface area contributed by atoms with E-state index in [0.29, 0.717) is 34.9 Å². The Kier molecular flexibility index (Phi) is 3.38. The summed E-state index contributed by atoms with van der Waals surface area (Å²) in [7, 11) is 1.79. The van der Waals surface area contributed by atoms with Crippen LogP contribution in [-0.2, 0) is 7.05 Å². The molecule has 7 nitrogen and oxygen atoms in total. The Hall–Kier alpha value is -3.09. The molecular weight excluding hydrogens is 282 g/mol. The Morgan fingerprint density at radius 1 is 1.41 bits per heavy atom. The standard InChI is InChI=1S/C15H15N5O2/c1-3-6-22-11-7-9(4-5-10(11)21)13-12-14(16)17-8-18-15(12)20(2)19-13/h3-5,7-8,21H,1,6H2,2H3,(H2,16,17,18). The smallest absolute Gasteiger partial charge is 0.163 e. The van der Waals surface area contributed by atoms with Gasteiger partial charge in [0.15, 0.2) is 17.1 Å². The van der Waals surface area contributed by atoms with Crippen LogP contribution in [0, 0.1) is 0 Å². The molecule has 22 heavy (non-hydrogen) atoms. The third-order valence-electron chi connectivity index (χ3n) is 3.24. The first kappa shape index (κ1) is 13.9. The van der Waals surface area contributed by atoms with Crippen LogP contribution in [0.2, 0.25) is 0 Å². The number of nitrogens with zero attached hydrogens (tertiary/aromatic N) is 4. The first-order chi connectivity index (χ1) is 10.6. The lowest BCUT2D eigenvalue weighted by Crippen LogP contribution is -1.95. The lowest BCUT2D eigenvalue weighted by atomic mass is 10.1. The van der Waals surface area contributed by atoms with Gasteiger partial charge in [0.05, 0.1) is 5.39 Å². The second kappa shape index (κ2) is 5.36. The molecule has 0 fully saturated rings. The third kappa shape index (κ3) is 2.22. The van der Waals surface area contributed by atoms with E-state index in [2.05, 4.69) is 21.6 Å². The number of aryl methyl sites for hydroxylation is 1. The molecule has 2 aromatic heterocycles. The van der Waals surface area contributed by atoms with Gasteiger partial charge in [-0.25, -0.2) is 14.6 Å². The summed E-state index contributed by atoms with van der Waals surface area (Å²) >= 11 is 0. The molecule has 0 spiro atoms. The molecule has 0 aliphatic carbocycles. The maximum absolute atomic E-state index is 9.85. The predicted octanol–water partition coefficient (Wildman–Crippen LogP) is 1.88. The highest BCUT2D eigenvalue weighted by atomic mass is 16.5. The number of ether oxygens (including phenoxy) is 1. The normalized spacial score (nSPS) is 10.8. The van der Waals surface area contributed by atoms with Crippen molar-refractivity contribution in [3.05, 3.63) is 37.2 Å². The maximum atomic E-state index is 9.85. The van der Waals surface area contributed by atoms with Gasteiger partial charge in [-0.2, -0.15) is 5.10 Å². The van der Waals surface area contributed by atoms with Crippen LogP contribution in [-0.4, -0.2) is 31.5 Å². The van der Waals surface area contributed by atoms with Gasteiger partial charge >= 0.3 is 0 Å². The van der Waals surface area contributed by atoms with Crippen molar-refractivity contribution in [2.24, 2.45) is 7.05 Å². The Balaban J connectivity index is 2.17. The first-order valence-corrected chi connectivity index (χ1v) is 6.62. The SMILES string of the molecule is C=CCOc1cc(-c2nn(C)c3ncnc(N)c23)ccc1O. The van der Waals surface area contributed by atoms with Crippen LogP contribution in [0.5, 0.6) is 11.5 Å². The number of anilines is 1. The van der Waals surface area contributed by atoms with Gasteiger partial charge in [-0.3, -0.25) is 0 Å². The number of hydrogen-bond donors (Lipinski definition) is 2. The minimum absolute atomic E-state index is 0.0510. The van der Waals surface area contributed by atoms with Crippen LogP contribution >= 0.6 is 0 Å². The van der Waals surface area contributed by atoms with Gasteiger partial charge in [-0.15, -0.1) is 0 Å². The summed E-state index contributed by atoms with van der Waals surface area (Å²) in [5.74, 6) is 0.761. The molecule has 3 rings (SSSR count). The van der Waals surface area contributed by atoms with E-state index in [0.717, 1.165) is 5.56 Å². The highest BCUT2D eigenvalue weighted by Gasteiger charge is 2.16. The summed E-state index contributed by atoms with van der Waals surface area (Å²) in [6, 6.07) is 4.99. The van der Waals surface area contributed by atoms with Gasteiger partial charge in [-0.1, -0.05) is 12.7 Å². The number of nitrogens with two attached hydrogens (primary N) is 1. The average Bonchev–Trinajstić information content (AvgIpc) is 2.85. The monoisotopic (exact) mass is 297 g/mol. The molecular formula is C15H15N5O2. The number of nitrogen functional groups attached to an aromatic ring is 1. The number of aromatic nitrogens is 4. The Morgan fingerprint density at radius 2 is 2.23 bits per heavy atom. The van der Waals surface area contributed by atoms with Crippen molar-refractivity contribution in [1.82, 2.24) is 19.7 Å². The molecule has 0 aliphatic rings. The van der Waals surface area contributed by atoms with Crippen molar-refractivity contribution in [2.45, 2.75) is 0 Å². The zero-order chi connectivity index (χ0) is 15.7. The average molecular weight is 297 g/mol. The number of aromatic hydroxyl groups is 1. The number of fused-ring (bicyclic) bond motifs is 1. The molecule has 0 atom stereocenters. The lowest BCUT2D eigenvalue weighted by Gasteiger charge is -2.07. The van der Waals surface area contributed by atoms with E-state index in [1.54, 1.807) is 36.0 Å². The summed E-state index contributed by atoms with van der Waals surface area (Å²) in [6.45, 7) is 3.88. The zero-order valence-corrected chi connectivity index (χ0v) is 12.0. The molecule has 0 radical (unpaired) electrons. The van der Waals surface area contributed by atoms with E-state index < -0.39 is 0 Å². The molecule has 3 N–H and O–H groups in total. The zero-order valence-electron chi connectivity index (χ0n) is 12.0. The van der Waals surface area contributed by atoms with Crippen molar-refractivity contribution in [3.63, 3.8) is 0 Å². The predicted molar refractivity (Wildman–Crippen MR) is 83.5 cm³/mol. The van der Waals surface area contributed by atoms with Gasteiger partial charge in [0, 0.05) is 12.6 Å². The molecule has 0 unspecified atom stereocenters. The largest absolute Gasteiger partial charge is 0.504 e. The van der Waals surface area contributed by atoms with Gasteiger partial charge in [0.1, 0.15) is 24.4 Å². The summed E-state index contributed by atoms with van der Waals surface area (Å²) < 4.78 is 7.07. The molecule has 0 saturated carbocycles. The van der Waals surface area contributed by atoms with Crippen molar-refractivity contribution in [1.29, 1.82) is 0 Å². The fourth-order valence-electron chi connectivity index (χ4n) is 2.24. The molecule has 0 bridgehead atoms. The summed E-state index contributed by atoms with van der Waals surface area (Å²) in [5.41, 5.74) is 7.99. The topological polar surface area (TPSA) is 99.1 Å². The van der Waals surface area contributed by atoms with Crippen LogP contribution in [0.1, 0.15) is 0 Å². The number of phenols is 1. The fraction of sp³-hybridized carbons (Fsp3) is 0.133. The highest BCUT2D eigenvalue weighted by Crippen LogP contribution is 2.35. The highest BCUT2D eigenvalue weighted by molar-refractivity contribution is 5.98. The molecule has 0 amide bonds. The minimum atomic E-state index is 0.0510. The Morgan fingerprint density at radius 3 is 3.00 bits per heavy atom. The molecule has 7 heteroatoms. The summed E-state index contributed by atoms with van der Waals surface area (Å²) in [6.07, 6.45) is 3.01. The van der Waals surface area contributed by atoms with E-state index in [9.17, 15) is 5.11 Å². The summed E-state index contributed by atoms with van der Waals surface area (Å²) in [4.78, 5) is 8.21. The second-order valence-corrected chi connectivity index (χ2v) is 4.71. The van der Waals surface area contributed by atoms with Gasteiger partial charge in [0.25, 0.3) is 0 Å². The third-order valence-corrected chi connectivity index (χ3v) is 3.24. The molecule has 0 aliphatic heterocycles. The Bertz CT molecular complexity index is 857. The van der Waals surface area contributed by atoms with Crippen LogP contribution in [0.25, 0.3) is 22.3 Å². The molecule has 112 valence electrons. The van der Waals surface area contributed by atoms with Crippen molar-refractivity contribution < 1.29 is 9.84 Å². The van der Waals surface area contributed by atoms with E-state index in [-0.39, 0.29) is 5.75 Å². The van der Waals surface area contributed by atoms with Crippen LogP contribution < -0.4 is 10.5 Å². The maximum Gasteiger partial charge on any atom is 0.163 e. The molecule has 3 aromatic rings.